The Morgan fingerprint density at radius 1 is 1.08 bits per heavy atom. The second-order valence-electron chi connectivity index (χ2n) is 2.88. The first-order chi connectivity index (χ1) is 5.84. The molecule has 1 N–H and O–H groups in total. The van der Waals surface area contributed by atoms with Gasteiger partial charge in [-0.2, -0.15) is 13.2 Å². The molecule has 0 atom stereocenters. The molecule has 1 aromatic carbocycles. The van der Waals surface area contributed by atoms with Gasteiger partial charge in [-0.1, -0.05) is 0 Å². The lowest BCUT2D eigenvalue weighted by atomic mass is 10.0. The molecule has 72 valence electrons. The van der Waals surface area contributed by atoms with Gasteiger partial charge in [-0.05, 0) is 37.1 Å². The molecule has 4 heteroatoms. The minimum absolute atomic E-state index is 0.0764. The van der Waals surface area contributed by atoms with Gasteiger partial charge >= 0.3 is 6.18 Å². The first-order valence-corrected chi connectivity index (χ1v) is 3.70. The van der Waals surface area contributed by atoms with E-state index in [9.17, 15) is 13.2 Å². The zero-order valence-corrected chi connectivity index (χ0v) is 7.24. The van der Waals surface area contributed by atoms with E-state index in [1.54, 1.807) is 0 Å². The Morgan fingerprint density at radius 2 is 1.62 bits per heavy atom. The van der Waals surface area contributed by atoms with Gasteiger partial charge in [0, 0.05) is 0 Å². The summed E-state index contributed by atoms with van der Waals surface area (Å²) in [6.45, 7) is 2.80. The maximum atomic E-state index is 12.3. The molecule has 0 radical (unpaired) electrons. The average molecular weight is 190 g/mol. The van der Waals surface area contributed by atoms with Crippen LogP contribution in [-0.2, 0) is 6.18 Å². The standard InChI is InChI=1S/C9H9F3O/c1-5-6(2)8(13)4-3-7(5)9(10,11)12/h3-4,13H,1-2H3. The van der Waals surface area contributed by atoms with Gasteiger partial charge in [0.25, 0.3) is 0 Å². The number of hydrogen-bond acceptors (Lipinski definition) is 1. The molecule has 0 unspecified atom stereocenters. The lowest BCUT2D eigenvalue weighted by Gasteiger charge is -2.12. The maximum Gasteiger partial charge on any atom is 0.416 e. The van der Waals surface area contributed by atoms with Crippen molar-refractivity contribution in [3.8, 4) is 5.75 Å². The molecule has 1 nitrogen and oxygen atoms in total. The van der Waals surface area contributed by atoms with Crippen LogP contribution in [0.2, 0.25) is 0 Å². The van der Waals surface area contributed by atoms with Crippen LogP contribution in [0.5, 0.6) is 5.75 Å². The van der Waals surface area contributed by atoms with Crippen LogP contribution >= 0.6 is 0 Å². The largest absolute Gasteiger partial charge is 0.508 e. The van der Waals surface area contributed by atoms with Gasteiger partial charge in [-0.15, -0.1) is 0 Å². The van der Waals surface area contributed by atoms with Crippen LogP contribution in [0.4, 0.5) is 13.2 Å². The number of rotatable bonds is 0. The minimum Gasteiger partial charge on any atom is -0.508 e. The molecule has 0 heterocycles. The molecule has 13 heavy (non-hydrogen) atoms. The SMILES string of the molecule is Cc1c(O)ccc(C(F)(F)F)c1C. The molecule has 0 saturated carbocycles. The summed E-state index contributed by atoms with van der Waals surface area (Å²) in [5.74, 6) is -0.106. The minimum atomic E-state index is -4.34. The molecule has 0 aromatic heterocycles. The fraction of sp³-hybridized carbons (Fsp3) is 0.333. The molecule has 0 aliphatic carbocycles. The van der Waals surface area contributed by atoms with Crippen LogP contribution in [0.25, 0.3) is 0 Å². The van der Waals surface area contributed by atoms with Crippen LogP contribution < -0.4 is 0 Å². The fourth-order valence-electron chi connectivity index (χ4n) is 1.11. The smallest absolute Gasteiger partial charge is 0.416 e. The highest BCUT2D eigenvalue weighted by molar-refractivity contribution is 5.43. The predicted molar refractivity (Wildman–Crippen MR) is 42.6 cm³/mol. The van der Waals surface area contributed by atoms with Crippen LogP contribution in [0, 0.1) is 13.8 Å². The molecule has 0 amide bonds. The maximum absolute atomic E-state index is 12.3. The summed E-state index contributed by atoms with van der Waals surface area (Å²) < 4.78 is 36.8. The van der Waals surface area contributed by atoms with Crippen molar-refractivity contribution < 1.29 is 18.3 Å². The van der Waals surface area contributed by atoms with Gasteiger partial charge in [-0.25, -0.2) is 0 Å². The van der Waals surface area contributed by atoms with Crippen molar-refractivity contribution >= 4 is 0 Å². The Balaban J connectivity index is 3.35. The lowest BCUT2D eigenvalue weighted by molar-refractivity contribution is -0.138. The van der Waals surface area contributed by atoms with Crippen molar-refractivity contribution in [3.63, 3.8) is 0 Å². The Labute approximate surface area is 73.8 Å². The van der Waals surface area contributed by atoms with Crippen molar-refractivity contribution in [1.29, 1.82) is 0 Å². The van der Waals surface area contributed by atoms with E-state index in [0.717, 1.165) is 12.1 Å². The Bertz CT molecular complexity index is 328. The number of halogens is 3. The van der Waals surface area contributed by atoms with Crippen molar-refractivity contribution in [2.24, 2.45) is 0 Å². The third-order valence-electron chi connectivity index (χ3n) is 2.06. The average Bonchev–Trinajstić information content (AvgIpc) is 1.98. The van der Waals surface area contributed by atoms with Crippen LogP contribution in [0.1, 0.15) is 16.7 Å². The number of benzene rings is 1. The summed E-state index contributed by atoms with van der Waals surface area (Å²) in [7, 11) is 0. The summed E-state index contributed by atoms with van der Waals surface area (Å²) >= 11 is 0. The van der Waals surface area contributed by atoms with E-state index in [1.807, 2.05) is 0 Å². The summed E-state index contributed by atoms with van der Waals surface area (Å²) in [6.07, 6.45) is -4.34. The van der Waals surface area contributed by atoms with E-state index in [0.29, 0.717) is 0 Å². The van der Waals surface area contributed by atoms with E-state index in [-0.39, 0.29) is 16.9 Å². The number of alkyl halides is 3. The number of phenolic OH excluding ortho intramolecular Hbond substituents is 1. The Morgan fingerprint density at radius 3 is 2.08 bits per heavy atom. The zero-order valence-electron chi connectivity index (χ0n) is 7.24. The molecule has 0 aliphatic rings. The van der Waals surface area contributed by atoms with Gasteiger partial charge in [0.15, 0.2) is 0 Å². The highest BCUT2D eigenvalue weighted by Gasteiger charge is 2.32. The third kappa shape index (κ3) is 1.76. The van der Waals surface area contributed by atoms with E-state index >= 15 is 0 Å². The molecule has 1 aromatic rings. The lowest BCUT2D eigenvalue weighted by Crippen LogP contribution is -2.08. The van der Waals surface area contributed by atoms with Crippen LogP contribution in [-0.4, -0.2) is 5.11 Å². The third-order valence-corrected chi connectivity index (χ3v) is 2.06. The van der Waals surface area contributed by atoms with Gasteiger partial charge in [-0.3, -0.25) is 0 Å². The molecule has 0 saturated heterocycles. The first-order valence-electron chi connectivity index (χ1n) is 3.70. The van der Waals surface area contributed by atoms with Gasteiger partial charge in [0.05, 0.1) is 5.56 Å². The van der Waals surface area contributed by atoms with Crippen molar-refractivity contribution in [3.05, 3.63) is 28.8 Å². The predicted octanol–water partition coefficient (Wildman–Crippen LogP) is 3.03. The second kappa shape index (κ2) is 2.94. The number of phenols is 1. The van der Waals surface area contributed by atoms with Crippen molar-refractivity contribution in [2.45, 2.75) is 20.0 Å². The molecule has 0 fully saturated rings. The molecule has 1 rings (SSSR count). The monoisotopic (exact) mass is 190 g/mol. The fourth-order valence-corrected chi connectivity index (χ4v) is 1.11. The Hall–Kier alpha value is -1.19. The second-order valence-corrected chi connectivity index (χ2v) is 2.88. The van der Waals surface area contributed by atoms with E-state index in [1.165, 1.54) is 13.8 Å². The summed E-state index contributed by atoms with van der Waals surface area (Å²) in [6, 6.07) is 1.95. The molecular formula is C9H9F3O. The molecule has 0 aliphatic heterocycles. The first kappa shape index (κ1) is 9.89. The summed E-state index contributed by atoms with van der Waals surface area (Å²) in [5.41, 5.74) is -0.342. The van der Waals surface area contributed by atoms with Gasteiger partial charge < -0.3 is 5.11 Å². The molecule has 0 bridgehead atoms. The zero-order chi connectivity index (χ0) is 10.2. The van der Waals surface area contributed by atoms with E-state index in [4.69, 9.17) is 5.11 Å². The van der Waals surface area contributed by atoms with Crippen molar-refractivity contribution in [1.82, 2.24) is 0 Å². The van der Waals surface area contributed by atoms with Crippen LogP contribution in [0.15, 0.2) is 12.1 Å². The molecule has 0 spiro atoms. The van der Waals surface area contributed by atoms with Crippen molar-refractivity contribution in [2.75, 3.05) is 0 Å². The van der Waals surface area contributed by atoms with E-state index in [2.05, 4.69) is 0 Å². The van der Waals surface area contributed by atoms with E-state index < -0.39 is 11.7 Å². The van der Waals surface area contributed by atoms with Gasteiger partial charge in [0.2, 0.25) is 0 Å². The summed E-state index contributed by atoms with van der Waals surface area (Å²) in [4.78, 5) is 0. The quantitative estimate of drug-likeness (QED) is 0.666. The topological polar surface area (TPSA) is 20.2 Å². The van der Waals surface area contributed by atoms with Gasteiger partial charge in [0.1, 0.15) is 5.75 Å². The number of hydrogen-bond donors (Lipinski definition) is 1. The van der Waals surface area contributed by atoms with Crippen LogP contribution in [0.3, 0.4) is 0 Å². The molecular weight excluding hydrogens is 181 g/mol. The number of aromatic hydroxyl groups is 1. The normalized spacial score (nSPS) is 11.8. The highest BCUT2D eigenvalue weighted by atomic mass is 19.4. The Kier molecular flexibility index (Phi) is 2.24. The highest BCUT2D eigenvalue weighted by Crippen LogP contribution is 2.35. The summed E-state index contributed by atoms with van der Waals surface area (Å²) in [5, 5.41) is 9.12.